The molecule has 1 aliphatic heterocycles. The quantitative estimate of drug-likeness (QED) is 0.736. The highest BCUT2D eigenvalue weighted by Crippen LogP contribution is 2.33. The zero-order valence-corrected chi connectivity index (χ0v) is 9.10. The van der Waals surface area contributed by atoms with Gasteiger partial charge in [-0.25, -0.2) is 0 Å². The summed E-state index contributed by atoms with van der Waals surface area (Å²) in [6, 6.07) is 7.93. The van der Waals surface area contributed by atoms with E-state index in [1.807, 2.05) is 18.7 Å². The molecule has 1 heterocycles. The number of likely N-dealkylation sites (N-methyl/N-ethyl adjacent to an activating group) is 1. The Kier molecular flexibility index (Phi) is 2.49. The Morgan fingerprint density at radius 3 is 2.47 bits per heavy atom. The first-order valence-corrected chi connectivity index (χ1v) is 5.27. The summed E-state index contributed by atoms with van der Waals surface area (Å²) in [4.78, 5) is 13.3. The number of carbonyl (C=O) groups excluding carboxylic acids is 1. The van der Waals surface area contributed by atoms with E-state index in [0.29, 0.717) is 0 Å². The van der Waals surface area contributed by atoms with E-state index in [4.69, 9.17) is 5.73 Å². The molecule has 1 amide bonds. The van der Waals surface area contributed by atoms with Crippen LogP contribution in [0.25, 0.3) is 0 Å². The zero-order valence-electron chi connectivity index (χ0n) is 9.10. The van der Waals surface area contributed by atoms with Crippen LogP contribution in [0.15, 0.2) is 24.3 Å². The van der Waals surface area contributed by atoms with Crippen LogP contribution in [0.4, 0.5) is 0 Å². The molecule has 1 saturated heterocycles. The van der Waals surface area contributed by atoms with Crippen LogP contribution in [0.2, 0.25) is 0 Å². The third kappa shape index (κ3) is 1.53. The summed E-state index contributed by atoms with van der Waals surface area (Å²) in [5, 5.41) is 0. The van der Waals surface area contributed by atoms with Gasteiger partial charge < -0.3 is 10.6 Å². The van der Waals surface area contributed by atoms with Crippen molar-refractivity contribution >= 4 is 5.91 Å². The van der Waals surface area contributed by atoms with Gasteiger partial charge in [0.05, 0.1) is 6.04 Å². The van der Waals surface area contributed by atoms with Crippen LogP contribution in [0.1, 0.15) is 24.1 Å². The molecule has 0 radical (unpaired) electrons. The van der Waals surface area contributed by atoms with E-state index in [1.165, 1.54) is 5.56 Å². The van der Waals surface area contributed by atoms with Gasteiger partial charge >= 0.3 is 0 Å². The van der Waals surface area contributed by atoms with Gasteiger partial charge in [-0.3, -0.25) is 4.79 Å². The highest BCUT2D eigenvalue weighted by atomic mass is 16.2. The SMILES string of the molecule is CCN1C(=O)C(N)C1c1ccc(C)cc1. The Balaban J connectivity index is 2.24. The third-order valence-electron chi connectivity index (χ3n) is 3.00. The molecule has 15 heavy (non-hydrogen) atoms. The van der Waals surface area contributed by atoms with Gasteiger partial charge in [0.15, 0.2) is 0 Å². The molecule has 2 rings (SSSR count). The summed E-state index contributed by atoms with van der Waals surface area (Å²) in [6.07, 6.45) is 0. The molecule has 2 N–H and O–H groups in total. The van der Waals surface area contributed by atoms with Gasteiger partial charge in [0.25, 0.3) is 0 Å². The van der Waals surface area contributed by atoms with E-state index in [0.717, 1.165) is 12.1 Å². The highest BCUT2D eigenvalue weighted by Gasteiger charge is 2.44. The molecule has 0 spiro atoms. The standard InChI is InChI=1S/C12H16N2O/c1-3-14-11(10(13)12(14)15)9-6-4-8(2)5-7-9/h4-7,10-11H,3,13H2,1-2H3. The fraction of sp³-hybridized carbons (Fsp3) is 0.417. The lowest BCUT2D eigenvalue weighted by Gasteiger charge is -2.45. The van der Waals surface area contributed by atoms with Crippen LogP contribution in [-0.4, -0.2) is 23.4 Å². The van der Waals surface area contributed by atoms with Gasteiger partial charge in [0.2, 0.25) is 5.91 Å². The Bertz CT molecular complexity index is 372. The topological polar surface area (TPSA) is 46.3 Å². The van der Waals surface area contributed by atoms with E-state index in [9.17, 15) is 4.79 Å². The summed E-state index contributed by atoms with van der Waals surface area (Å²) < 4.78 is 0. The first-order valence-electron chi connectivity index (χ1n) is 5.27. The lowest BCUT2D eigenvalue weighted by molar-refractivity contribution is -0.149. The summed E-state index contributed by atoms with van der Waals surface area (Å²) in [7, 11) is 0. The van der Waals surface area contributed by atoms with Crippen LogP contribution in [-0.2, 0) is 4.79 Å². The fourth-order valence-corrected chi connectivity index (χ4v) is 2.08. The van der Waals surface area contributed by atoms with Crippen molar-refractivity contribution in [2.45, 2.75) is 25.9 Å². The molecule has 1 aromatic rings. The van der Waals surface area contributed by atoms with E-state index in [1.54, 1.807) is 0 Å². The van der Waals surface area contributed by atoms with Crippen molar-refractivity contribution in [3.8, 4) is 0 Å². The maximum absolute atomic E-state index is 11.4. The number of rotatable bonds is 2. The number of benzene rings is 1. The van der Waals surface area contributed by atoms with Gasteiger partial charge in [0.1, 0.15) is 6.04 Å². The normalized spacial score (nSPS) is 25.3. The van der Waals surface area contributed by atoms with Crippen molar-refractivity contribution in [3.05, 3.63) is 35.4 Å². The molecular weight excluding hydrogens is 188 g/mol. The molecule has 1 aliphatic rings. The third-order valence-corrected chi connectivity index (χ3v) is 3.00. The molecular formula is C12H16N2O. The monoisotopic (exact) mass is 204 g/mol. The second-order valence-corrected chi connectivity index (χ2v) is 4.01. The number of β-lactam (4-membered cyclic amide) rings is 1. The van der Waals surface area contributed by atoms with Gasteiger partial charge in [0, 0.05) is 6.54 Å². The lowest BCUT2D eigenvalue weighted by Crippen LogP contribution is -2.62. The summed E-state index contributed by atoms with van der Waals surface area (Å²) in [6.45, 7) is 4.75. The number of hydrogen-bond acceptors (Lipinski definition) is 2. The van der Waals surface area contributed by atoms with Gasteiger partial charge in [-0.1, -0.05) is 29.8 Å². The molecule has 2 unspecified atom stereocenters. The van der Waals surface area contributed by atoms with E-state index in [-0.39, 0.29) is 18.0 Å². The number of nitrogens with zero attached hydrogens (tertiary/aromatic N) is 1. The molecule has 3 nitrogen and oxygen atoms in total. The van der Waals surface area contributed by atoms with Gasteiger partial charge in [-0.15, -0.1) is 0 Å². The number of aryl methyl sites for hydroxylation is 1. The molecule has 0 aliphatic carbocycles. The first-order chi connectivity index (χ1) is 7.15. The second-order valence-electron chi connectivity index (χ2n) is 4.01. The van der Waals surface area contributed by atoms with Crippen molar-refractivity contribution in [1.29, 1.82) is 0 Å². The highest BCUT2D eigenvalue weighted by molar-refractivity contribution is 5.89. The number of hydrogen-bond donors (Lipinski definition) is 1. The van der Waals surface area contributed by atoms with Crippen LogP contribution < -0.4 is 5.73 Å². The Morgan fingerprint density at radius 2 is 1.93 bits per heavy atom. The van der Waals surface area contributed by atoms with E-state index < -0.39 is 0 Å². The Hall–Kier alpha value is -1.35. The van der Waals surface area contributed by atoms with Crippen LogP contribution >= 0.6 is 0 Å². The smallest absolute Gasteiger partial charge is 0.242 e. The fourth-order valence-electron chi connectivity index (χ4n) is 2.08. The number of likely N-dealkylation sites (tertiary alicyclic amines) is 1. The van der Waals surface area contributed by atoms with Gasteiger partial charge in [-0.2, -0.15) is 0 Å². The van der Waals surface area contributed by atoms with Crippen molar-refractivity contribution in [2.24, 2.45) is 5.73 Å². The minimum absolute atomic E-state index is 0.0584. The molecule has 2 atom stereocenters. The van der Waals surface area contributed by atoms with Crippen LogP contribution in [0.5, 0.6) is 0 Å². The molecule has 0 saturated carbocycles. The Labute approximate surface area is 89.9 Å². The zero-order chi connectivity index (χ0) is 11.0. The predicted octanol–water partition coefficient (Wildman–Crippen LogP) is 1.23. The van der Waals surface area contributed by atoms with Crippen LogP contribution in [0, 0.1) is 6.92 Å². The summed E-state index contributed by atoms with van der Waals surface area (Å²) in [5.41, 5.74) is 8.17. The van der Waals surface area contributed by atoms with Crippen molar-refractivity contribution < 1.29 is 4.79 Å². The summed E-state index contributed by atoms with van der Waals surface area (Å²) in [5.74, 6) is 0.0584. The number of amides is 1. The number of nitrogens with two attached hydrogens (primary N) is 1. The molecule has 0 bridgehead atoms. The predicted molar refractivity (Wildman–Crippen MR) is 59.3 cm³/mol. The average molecular weight is 204 g/mol. The average Bonchev–Trinajstić information content (AvgIpc) is 2.26. The molecule has 0 aromatic heterocycles. The Morgan fingerprint density at radius 1 is 1.33 bits per heavy atom. The molecule has 1 aromatic carbocycles. The second kappa shape index (κ2) is 3.66. The first kappa shape index (κ1) is 10.2. The maximum Gasteiger partial charge on any atom is 0.242 e. The minimum Gasteiger partial charge on any atom is -0.332 e. The van der Waals surface area contributed by atoms with Crippen molar-refractivity contribution in [3.63, 3.8) is 0 Å². The molecule has 1 fully saturated rings. The van der Waals surface area contributed by atoms with E-state index in [2.05, 4.69) is 24.3 Å². The summed E-state index contributed by atoms with van der Waals surface area (Å²) >= 11 is 0. The molecule has 80 valence electrons. The van der Waals surface area contributed by atoms with E-state index >= 15 is 0 Å². The van der Waals surface area contributed by atoms with Crippen molar-refractivity contribution in [2.75, 3.05) is 6.54 Å². The largest absolute Gasteiger partial charge is 0.332 e. The number of carbonyl (C=O) groups is 1. The molecule has 3 heteroatoms. The van der Waals surface area contributed by atoms with Crippen LogP contribution in [0.3, 0.4) is 0 Å². The van der Waals surface area contributed by atoms with Gasteiger partial charge in [-0.05, 0) is 19.4 Å². The maximum atomic E-state index is 11.4. The minimum atomic E-state index is -0.354. The lowest BCUT2D eigenvalue weighted by atomic mass is 9.89. The van der Waals surface area contributed by atoms with Crippen molar-refractivity contribution in [1.82, 2.24) is 4.90 Å².